The van der Waals surface area contributed by atoms with Gasteiger partial charge in [-0.25, -0.2) is 0 Å². The number of aliphatic hydroxyl groups is 1. The Bertz CT molecular complexity index is 528. The number of β-amino-alcohol motifs (C(OH)–C–C–N with tert-alkyl or cyclic N) is 1. The van der Waals surface area contributed by atoms with Crippen LogP contribution >= 0.6 is 0 Å². The molecule has 3 atom stereocenters. The first-order valence-electron chi connectivity index (χ1n) is 8.20. The average molecular weight is 303 g/mol. The number of nitrogens with one attached hydrogen (secondary N) is 2. The first-order chi connectivity index (χ1) is 10.6. The molecule has 120 valence electrons. The number of benzene rings is 1. The highest BCUT2D eigenvalue weighted by atomic mass is 16.3. The summed E-state index contributed by atoms with van der Waals surface area (Å²) in [5.41, 5.74) is 2.36. The first kappa shape index (κ1) is 15.3. The molecule has 0 saturated carbocycles. The highest BCUT2D eigenvalue weighted by molar-refractivity contribution is 5.82. The molecule has 2 aliphatic heterocycles. The molecule has 1 aromatic rings. The van der Waals surface area contributed by atoms with E-state index in [1.54, 1.807) is 0 Å². The highest BCUT2D eigenvalue weighted by Gasteiger charge is 2.28. The Morgan fingerprint density at radius 1 is 1.41 bits per heavy atom. The van der Waals surface area contributed by atoms with Crippen molar-refractivity contribution in [3.05, 3.63) is 29.8 Å². The van der Waals surface area contributed by atoms with E-state index >= 15 is 0 Å². The molecule has 2 heterocycles. The molecule has 0 spiro atoms. The van der Waals surface area contributed by atoms with Crippen LogP contribution in [0.5, 0.6) is 0 Å². The number of carbonyl (C=O) groups excluding carboxylic acids is 1. The summed E-state index contributed by atoms with van der Waals surface area (Å²) in [4.78, 5) is 14.6. The summed E-state index contributed by atoms with van der Waals surface area (Å²) in [7, 11) is 0. The van der Waals surface area contributed by atoms with Gasteiger partial charge in [-0.3, -0.25) is 4.79 Å². The van der Waals surface area contributed by atoms with Gasteiger partial charge in [0.15, 0.2) is 0 Å². The van der Waals surface area contributed by atoms with Crippen molar-refractivity contribution in [2.75, 3.05) is 24.5 Å². The number of nitrogens with zero attached hydrogens (tertiary/aromatic N) is 1. The van der Waals surface area contributed by atoms with Gasteiger partial charge in [-0.1, -0.05) is 12.1 Å². The van der Waals surface area contributed by atoms with Gasteiger partial charge in [0, 0.05) is 25.3 Å². The summed E-state index contributed by atoms with van der Waals surface area (Å²) in [5, 5.41) is 15.6. The summed E-state index contributed by atoms with van der Waals surface area (Å²) in [6, 6.07) is 8.12. The minimum Gasteiger partial charge on any atom is -0.392 e. The molecule has 3 N–H and O–H groups in total. The molecule has 5 heteroatoms. The van der Waals surface area contributed by atoms with E-state index in [1.165, 1.54) is 18.5 Å². The zero-order valence-corrected chi connectivity index (χ0v) is 13.1. The van der Waals surface area contributed by atoms with Crippen LogP contribution in [-0.2, 0) is 4.79 Å². The summed E-state index contributed by atoms with van der Waals surface area (Å²) < 4.78 is 0. The second-order valence-corrected chi connectivity index (χ2v) is 6.37. The summed E-state index contributed by atoms with van der Waals surface area (Å²) >= 11 is 0. The van der Waals surface area contributed by atoms with E-state index in [2.05, 4.69) is 39.8 Å². The average Bonchev–Trinajstić information content (AvgIpc) is 3.18. The lowest BCUT2D eigenvalue weighted by molar-refractivity contribution is -0.123. The Hall–Kier alpha value is -1.59. The maximum absolute atomic E-state index is 12.2. The van der Waals surface area contributed by atoms with E-state index in [-0.39, 0.29) is 18.0 Å². The van der Waals surface area contributed by atoms with Crippen LogP contribution in [0.2, 0.25) is 0 Å². The highest BCUT2D eigenvalue weighted by Crippen LogP contribution is 2.24. The van der Waals surface area contributed by atoms with Crippen molar-refractivity contribution in [3.8, 4) is 0 Å². The van der Waals surface area contributed by atoms with Crippen LogP contribution in [0.3, 0.4) is 0 Å². The van der Waals surface area contributed by atoms with Crippen molar-refractivity contribution < 1.29 is 9.90 Å². The number of anilines is 1. The molecule has 0 radical (unpaired) electrons. The van der Waals surface area contributed by atoms with Crippen LogP contribution in [0.15, 0.2) is 24.3 Å². The number of aliphatic hydroxyl groups excluding tert-OH is 1. The molecule has 0 aromatic heterocycles. The van der Waals surface area contributed by atoms with Crippen LogP contribution in [-0.4, -0.2) is 42.8 Å². The SMILES string of the molecule is CC(NC(=O)C1CC(O)CN1)c1cccc(N2CCCC2)c1. The molecule has 3 unspecified atom stereocenters. The minimum absolute atomic E-state index is 0.0318. The molecular weight excluding hydrogens is 278 g/mol. The molecule has 3 rings (SSSR count). The predicted molar refractivity (Wildman–Crippen MR) is 86.9 cm³/mol. The van der Waals surface area contributed by atoms with E-state index in [4.69, 9.17) is 0 Å². The molecule has 22 heavy (non-hydrogen) atoms. The standard InChI is InChI=1S/C17H25N3O2/c1-12(19-17(22)16-10-15(21)11-18-16)13-5-4-6-14(9-13)20-7-2-3-8-20/h4-6,9,12,15-16,18,21H,2-3,7-8,10-11H2,1H3,(H,19,22). The van der Waals surface area contributed by atoms with Crippen LogP contribution in [0.4, 0.5) is 5.69 Å². The summed E-state index contributed by atoms with van der Waals surface area (Å²) in [6.45, 7) is 4.74. The molecule has 2 fully saturated rings. The maximum Gasteiger partial charge on any atom is 0.237 e. The van der Waals surface area contributed by atoms with E-state index in [0.29, 0.717) is 13.0 Å². The van der Waals surface area contributed by atoms with Crippen molar-refractivity contribution >= 4 is 11.6 Å². The van der Waals surface area contributed by atoms with Crippen molar-refractivity contribution in [1.82, 2.24) is 10.6 Å². The third kappa shape index (κ3) is 3.42. The topological polar surface area (TPSA) is 64.6 Å². The summed E-state index contributed by atoms with van der Waals surface area (Å²) in [6.07, 6.45) is 2.59. The molecular formula is C17H25N3O2. The second-order valence-electron chi connectivity index (χ2n) is 6.37. The van der Waals surface area contributed by atoms with Crippen molar-refractivity contribution in [2.45, 2.75) is 44.4 Å². The van der Waals surface area contributed by atoms with E-state index in [1.807, 2.05) is 6.92 Å². The largest absolute Gasteiger partial charge is 0.392 e. The van der Waals surface area contributed by atoms with Crippen LogP contribution in [0.25, 0.3) is 0 Å². The van der Waals surface area contributed by atoms with Crippen molar-refractivity contribution in [1.29, 1.82) is 0 Å². The number of carbonyl (C=O) groups is 1. The van der Waals surface area contributed by atoms with Gasteiger partial charge >= 0.3 is 0 Å². The van der Waals surface area contributed by atoms with Gasteiger partial charge in [-0.05, 0) is 43.9 Å². The Morgan fingerprint density at radius 2 is 2.18 bits per heavy atom. The van der Waals surface area contributed by atoms with Gasteiger partial charge < -0.3 is 20.6 Å². The lowest BCUT2D eigenvalue weighted by Gasteiger charge is -2.21. The summed E-state index contributed by atoms with van der Waals surface area (Å²) in [5.74, 6) is -0.0318. The van der Waals surface area contributed by atoms with Gasteiger partial charge in [0.25, 0.3) is 0 Å². The fourth-order valence-electron chi connectivity index (χ4n) is 3.28. The number of rotatable bonds is 4. The number of amides is 1. The fourth-order valence-corrected chi connectivity index (χ4v) is 3.28. The molecule has 0 bridgehead atoms. The van der Waals surface area contributed by atoms with Gasteiger partial charge in [0.1, 0.15) is 0 Å². The third-order valence-electron chi connectivity index (χ3n) is 4.62. The van der Waals surface area contributed by atoms with Crippen LogP contribution in [0.1, 0.15) is 37.8 Å². The van der Waals surface area contributed by atoms with Gasteiger partial charge in [-0.2, -0.15) is 0 Å². The zero-order valence-electron chi connectivity index (χ0n) is 13.1. The Kier molecular flexibility index (Phi) is 4.64. The third-order valence-corrected chi connectivity index (χ3v) is 4.62. The van der Waals surface area contributed by atoms with Crippen molar-refractivity contribution in [2.24, 2.45) is 0 Å². The molecule has 1 amide bonds. The zero-order chi connectivity index (χ0) is 15.5. The van der Waals surface area contributed by atoms with Gasteiger partial charge in [0.05, 0.1) is 18.2 Å². The number of hydrogen-bond donors (Lipinski definition) is 3. The quantitative estimate of drug-likeness (QED) is 0.782. The van der Waals surface area contributed by atoms with E-state index in [0.717, 1.165) is 18.7 Å². The Balaban J connectivity index is 1.63. The Labute approximate surface area is 131 Å². The molecule has 2 saturated heterocycles. The number of hydrogen-bond acceptors (Lipinski definition) is 4. The predicted octanol–water partition coefficient (Wildman–Crippen LogP) is 1.19. The Morgan fingerprint density at radius 3 is 2.86 bits per heavy atom. The second kappa shape index (κ2) is 6.67. The van der Waals surface area contributed by atoms with E-state index in [9.17, 15) is 9.90 Å². The monoisotopic (exact) mass is 303 g/mol. The molecule has 1 aromatic carbocycles. The van der Waals surface area contributed by atoms with Crippen LogP contribution in [0, 0.1) is 0 Å². The molecule has 2 aliphatic rings. The minimum atomic E-state index is -0.412. The first-order valence-corrected chi connectivity index (χ1v) is 8.20. The van der Waals surface area contributed by atoms with Gasteiger partial charge in [-0.15, -0.1) is 0 Å². The fraction of sp³-hybridized carbons (Fsp3) is 0.588. The smallest absolute Gasteiger partial charge is 0.237 e. The van der Waals surface area contributed by atoms with E-state index < -0.39 is 6.10 Å². The molecule has 5 nitrogen and oxygen atoms in total. The maximum atomic E-state index is 12.2. The van der Waals surface area contributed by atoms with Gasteiger partial charge in [0.2, 0.25) is 5.91 Å². The van der Waals surface area contributed by atoms with Crippen LogP contribution < -0.4 is 15.5 Å². The van der Waals surface area contributed by atoms with Crippen molar-refractivity contribution in [3.63, 3.8) is 0 Å². The lowest BCUT2D eigenvalue weighted by Crippen LogP contribution is -2.41. The molecule has 0 aliphatic carbocycles. The normalized spacial score (nSPS) is 26.2. The lowest BCUT2D eigenvalue weighted by atomic mass is 10.1.